The molecule has 1 N–H and O–H groups in total. The maximum atomic E-state index is 12.6. The molecule has 2 aromatic carbocycles. The van der Waals surface area contributed by atoms with Crippen LogP contribution in [0.1, 0.15) is 42.2 Å². The molecule has 1 aliphatic carbocycles. The third-order valence-electron chi connectivity index (χ3n) is 4.56. The fourth-order valence-corrected chi connectivity index (χ4v) is 3.70. The van der Waals surface area contributed by atoms with Crippen LogP contribution in [-0.4, -0.2) is 23.2 Å². The summed E-state index contributed by atoms with van der Waals surface area (Å²) >= 11 is 1.48. The van der Waals surface area contributed by atoms with Crippen molar-refractivity contribution in [2.75, 3.05) is 12.4 Å². The highest BCUT2D eigenvalue weighted by atomic mass is 32.1. The van der Waals surface area contributed by atoms with Crippen LogP contribution in [0.25, 0.3) is 10.8 Å². The molecule has 0 saturated heterocycles. The molecule has 0 bridgehead atoms. The van der Waals surface area contributed by atoms with Gasteiger partial charge in [0.1, 0.15) is 10.8 Å². The summed E-state index contributed by atoms with van der Waals surface area (Å²) in [6.45, 7) is 1.91. The summed E-state index contributed by atoms with van der Waals surface area (Å²) in [6, 6.07) is 12.0. The lowest BCUT2D eigenvalue weighted by Gasteiger charge is -2.12. The van der Waals surface area contributed by atoms with Crippen molar-refractivity contribution in [2.45, 2.75) is 31.6 Å². The lowest BCUT2D eigenvalue weighted by molar-refractivity contribution is -0.117. The minimum Gasteiger partial charge on any atom is -0.497 e. The number of ether oxygens (including phenoxy) is 1. The Kier molecular flexibility index (Phi) is 4.13. The van der Waals surface area contributed by atoms with Gasteiger partial charge in [0.05, 0.1) is 13.0 Å². The third kappa shape index (κ3) is 3.35. The van der Waals surface area contributed by atoms with E-state index in [-0.39, 0.29) is 11.8 Å². The molecule has 1 fully saturated rings. The van der Waals surface area contributed by atoms with E-state index >= 15 is 0 Å². The van der Waals surface area contributed by atoms with Crippen LogP contribution in [0.3, 0.4) is 0 Å². The molecule has 5 nitrogen and oxygen atoms in total. The summed E-state index contributed by atoms with van der Waals surface area (Å²) in [4.78, 5) is 12.6. The Hall–Kier alpha value is -2.47. The van der Waals surface area contributed by atoms with E-state index in [9.17, 15) is 4.79 Å². The molecule has 6 heteroatoms. The average molecular weight is 353 g/mol. The van der Waals surface area contributed by atoms with Crippen LogP contribution in [0.4, 0.5) is 5.13 Å². The van der Waals surface area contributed by atoms with E-state index in [1.54, 1.807) is 7.11 Å². The Bertz CT molecular complexity index is 933. The predicted molar refractivity (Wildman–Crippen MR) is 99.4 cm³/mol. The summed E-state index contributed by atoms with van der Waals surface area (Å²) in [5.74, 6) is 1.05. The zero-order valence-electron chi connectivity index (χ0n) is 14.2. The van der Waals surface area contributed by atoms with Gasteiger partial charge >= 0.3 is 0 Å². The SMILES string of the molecule is COc1ccc2cc([C@H](C)C(=O)Nc3nnc(C4CC4)s3)ccc2c1. The highest BCUT2D eigenvalue weighted by molar-refractivity contribution is 7.15. The van der Waals surface area contributed by atoms with Gasteiger partial charge < -0.3 is 10.1 Å². The molecular formula is C19H19N3O2S. The van der Waals surface area contributed by atoms with Crippen LogP contribution >= 0.6 is 11.3 Å². The van der Waals surface area contributed by atoms with Crippen molar-refractivity contribution in [1.82, 2.24) is 10.2 Å². The smallest absolute Gasteiger partial charge is 0.233 e. The number of carbonyl (C=O) groups is 1. The number of amides is 1. The van der Waals surface area contributed by atoms with Crippen LogP contribution < -0.4 is 10.1 Å². The van der Waals surface area contributed by atoms with Crippen molar-refractivity contribution < 1.29 is 9.53 Å². The summed E-state index contributed by atoms with van der Waals surface area (Å²) in [5, 5.41) is 14.9. The molecule has 0 spiro atoms. The first-order chi connectivity index (χ1) is 12.1. The number of nitrogens with one attached hydrogen (secondary N) is 1. The monoisotopic (exact) mass is 353 g/mol. The number of methoxy groups -OCH3 is 1. The van der Waals surface area contributed by atoms with E-state index in [4.69, 9.17) is 4.74 Å². The largest absolute Gasteiger partial charge is 0.497 e. The topological polar surface area (TPSA) is 64.1 Å². The van der Waals surface area contributed by atoms with Crippen LogP contribution in [0.2, 0.25) is 0 Å². The zero-order chi connectivity index (χ0) is 17.4. The molecule has 0 radical (unpaired) electrons. The first-order valence-electron chi connectivity index (χ1n) is 8.36. The van der Waals surface area contributed by atoms with Crippen LogP contribution in [0, 0.1) is 0 Å². The van der Waals surface area contributed by atoms with Crippen molar-refractivity contribution in [2.24, 2.45) is 0 Å². The fourth-order valence-electron chi connectivity index (χ4n) is 2.78. The van der Waals surface area contributed by atoms with Crippen LogP contribution in [0.15, 0.2) is 36.4 Å². The quantitative estimate of drug-likeness (QED) is 0.742. The highest BCUT2D eigenvalue weighted by Crippen LogP contribution is 2.42. The zero-order valence-corrected chi connectivity index (χ0v) is 15.0. The summed E-state index contributed by atoms with van der Waals surface area (Å²) in [7, 11) is 1.66. The molecular weight excluding hydrogens is 334 g/mol. The van der Waals surface area contributed by atoms with E-state index in [2.05, 4.69) is 21.6 Å². The summed E-state index contributed by atoms with van der Waals surface area (Å²) < 4.78 is 5.25. The van der Waals surface area contributed by atoms with Gasteiger partial charge in [0.25, 0.3) is 0 Å². The minimum atomic E-state index is -0.264. The molecule has 1 saturated carbocycles. The van der Waals surface area contributed by atoms with Crippen molar-refractivity contribution >= 4 is 33.1 Å². The Morgan fingerprint density at radius 1 is 1.20 bits per heavy atom. The van der Waals surface area contributed by atoms with Crippen molar-refractivity contribution in [3.63, 3.8) is 0 Å². The molecule has 1 aliphatic rings. The Balaban J connectivity index is 1.51. The second kappa shape index (κ2) is 6.44. The number of hydrogen-bond donors (Lipinski definition) is 1. The van der Waals surface area contributed by atoms with E-state index in [0.717, 1.165) is 27.1 Å². The Morgan fingerprint density at radius 2 is 1.96 bits per heavy atom. The lowest BCUT2D eigenvalue weighted by Crippen LogP contribution is -2.18. The van der Waals surface area contributed by atoms with Gasteiger partial charge in [-0.25, -0.2) is 0 Å². The fraction of sp³-hybridized carbons (Fsp3) is 0.316. The standard InChI is InChI=1S/C19H19N3O2S/c1-11(17(23)20-19-22-21-18(25-19)12-3-4-12)13-5-6-15-10-16(24-2)8-7-14(15)9-13/h5-12H,3-4H2,1-2H3,(H,20,22,23)/t11-/m0/s1. The van der Waals surface area contributed by atoms with Gasteiger partial charge in [-0.1, -0.05) is 35.6 Å². The number of nitrogens with zero attached hydrogens (tertiary/aromatic N) is 2. The maximum absolute atomic E-state index is 12.6. The van der Waals surface area contributed by atoms with E-state index in [0.29, 0.717) is 11.0 Å². The number of carbonyl (C=O) groups excluding carboxylic acids is 1. The van der Waals surface area contributed by atoms with E-state index < -0.39 is 0 Å². The normalized spacial score (nSPS) is 15.1. The Morgan fingerprint density at radius 3 is 2.72 bits per heavy atom. The third-order valence-corrected chi connectivity index (χ3v) is 5.56. The van der Waals surface area contributed by atoms with E-state index in [1.807, 2.05) is 37.3 Å². The van der Waals surface area contributed by atoms with Gasteiger partial charge in [-0.3, -0.25) is 4.79 Å². The first-order valence-corrected chi connectivity index (χ1v) is 9.17. The van der Waals surface area contributed by atoms with Crippen LogP contribution in [-0.2, 0) is 4.79 Å². The lowest BCUT2D eigenvalue weighted by atomic mass is 9.97. The second-order valence-electron chi connectivity index (χ2n) is 6.40. The summed E-state index contributed by atoms with van der Waals surface area (Å²) in [6.07, 6.45) is 2.36. The molecule has 128 valence electrons. The average Bonchev–Trinajstić information content (AvgIpc) is 3.39. The molecule has 0 aliphatic heterocycles. The van der Waals surface area contributed by atoms with Gasteiger partial charge in [0.15, 0.2) is 0 Å². The van der Waals surface area contributed by atoms with Gasteiger partial charge in [-0.2, -0.15) is 0 Å². The van der Waals surface area contributed by atoms with Crippen molar-refractivity contribution in [1.29, 1.82) is 0 Å². The number of aromatic nitrogens is 2. The predicted octanol–water partition coefficient (Wildman–Crippen LogP) is 4.32. The van der Waals surface area contributed by atoms with Gasteiger partial charge in [-0.05, 0) is 48.2 Å². The molecule has 3 aromatic rings. The number of hydrogen-bond acceptors (Lipinski definition) is 5. The number of rotatable bonds is 5. The molecule has 1 atom stereocenters. The van der Waals surface area contributed by atoms with Gasteiger partial charge in [0, 0.05) is 5.92 Å². The van der Waals surface area contributed by atoms with Gasteiger partial charge in [-0.15, -0.1) is 10.2 Å². The molecule has 0 unspecified atom stereocenters. The maximum Gasteiger partial charge on any atom is 0.233 e. The number of anilines is 1. The second-order valence-corrected chi connectivity index (χ2v) is 7.41. The Labute approximate surface area is 150 Å². The molecule has 25 heavy (non-hydrogen) atoms. The number of fused-ring (bicyclic) bond motifs is 1. The van der Waals surface area contributed by atoms with Gasteiger partial charge in [0.2, 0.25) is 11.0 Å². The summed E-state index contributed by atoms with van der Waals surface area (Å²) in [5.41, 5.74) is 0.974. The van der Waals surface area contributed by atoms with Crippen molar-refractivity contribution in [3.8, 4) is 5.75 Å². The minimum absolute atomic E-state index is 0.0636. The van der Waals surface area contributed by atoms with E-state index in [1.165, 1.54) is 24.2 Å². The molecule has 1 heterocycles. The molecule has 1 amide bonds. The molecule has 4 rings (SSSR count). The van der Waals surface area contributed by atoms with Crippen LogP contribution in [0.5, 0.6) is 5.75 Å². The van der Waals surface area contributed by atoms with Crippen molar-refractivity contribution in [3.05, 3.63) is 47.0 Å². The highest BCUT2D eigenvalue weighted by Gasteiger charge is 2.28. The first kappa shape index (κ1) is 16.0. The molecule has 1 aromatic heterocycles. The number of benzene rings is 2.